The quantitative estimate of drug-likeness (QED) is 0.473. The number of hydrazone groups is 1. The van der Waals surface area contributed by atoms with E-state index in [0.29, 0.717) is 11.3 Å². The van der Waals surface area contributed by atoms with E-state index in [-0.39, 0.29) is 17.3 Å². The van der Waals surface area contributed by atoms with Crippen molar-refractivity contribution in [2.45, 2.75) is 20.8 Å². The Hall–Kier alpha value is -2.93. The van der Waals surface area contributed by atoms with Gasteiger partial charge in [-0.05, 0) is 43.5 Å². The number of aryl methyl sites for hydroxylation is 2. The topological polar surface area (TPSA) is 93.8 Å². The molecule has 0 saturated carbocycles. The highest BCUT2D eigenvalue weighted by Crippen LogP contribution is 2.26. The maximum absolute atomic E-state index is 11.9. The highest BCUT2D eigenvalue weighted by molar-refractivity contribution is 6.32. The largest absolute Gasteiger partial charge is 0.483 e. The number of hydrogen-bond acceptors (Lipinski definition) is 5. The maximum Gasteiger partial charge on any atom is 0.288 e. The summed E-state index contributed by atoms with van der Waals surface area (Å²) in [6.07, 6.45) is 1.30. The first kappa shape index (κ1) is 19.4. The lowest BCUT2D eigenvalue weighted by atomic mass is 10.1. The van der Waals surface area contributed by atoms with Crippen LogP contribution >= 0.6 is 11.6 Å². The number of nitrogens with one attached hydrogen (secondary N) is 1. The van der Waals surface area contributed by atoms with Gasteiger partial charge in [0.25, 0.3) is 11.6 Å². The Balaban J connectivity index is 1.95. The van der Waals surface area contributed by atoms with Crippen molar-refractivity contribution in [1.82, 2.24) is 5.43 Å². The van der Waals surface area contributed by atoms with Gasteiger partial charge in [-0.25, -0.2) is 5.43 Å². The SMILES string of the molecule is Cc1ccc(C)c(OCC(=O)NN=Cc2ccc(Cl)c([N+](=O)[O-])c2)c1C. The number of rotatable bonds is 6. The Bertz CT molecular complexity index is 881. The van der Waals surface area contributed by atoms with Crippen molar-refractivity contribution in [3.8, 4) is 5.75 Å². The lowest BCUT2D eigenvalue weighted by molar-refractivity contribution is -0.384. The van der Waals surface area contributed by atoms with Crippen LogP contribution < -0.4 is 10.2 Å². The van der Waals surface area contributed by atoms with E-state index >= 15 is 0 Å². The molecule has 2 aromatic rings. The van der Waals surface area contributed by atoms with Gasteiger partial charge in [-0.1, -0.05) is 29.8 Å². The monoisotopic (exact) mass is 375 g/mol. The van der Waals surface area contributed by atoms with E-state index in [9.17, 15) is 14.9 Å². The Morgan fingerprint density at radius 3 is 2.65 bits per heavy atom. The molecule has 2 aromatic carbocycles. The average molecular weight is 376 g/mol. The molecule has 0 aliphatic carbocycles. The van der Waals surface area contributed by atoms with Crippen molar-refractivity contribution in [1.29, 1.82) is 0 Å². The summed E-state index contributed by atoms with van der Waals surface area (Å²) in [4.78, 5) is 22.1. The highest BCUT2D eigenvalue weighted by atomic mass is 35.5. The molecule has 0 saturated heterocycles. The summed E-state index contributed by atoms with van der Waals surface area (Å²) in [5.74, 6) is 0.238. The summed E-state index contributed by atoms with van der Waals surface area (Å²) in [5.41, 5.74) is 5.53. The van der Waals surface area contributed by atoms with E-state index in [4.69, 9.17) is 16.3 Å². The minimum atomic E-state index is -0.585. The fourth-order valence-corrected chi connectivity index (χ4v) is 2.43. The Labute approximate surface area is 155 Å². The van der Waals surface area contributed by atoms with Gasteiger partial charge >= 0.3 is 0 Å². The van der Waals surface area contributed by atoms with E-state index in [1.807, 2.05) is 32.9 Å². The summed E-state index contributed by atoms with van der Waals surface area (Å²) in [6.45, 7) is 5.62. The first-order valence-electron chi connectivity index (χ1n) is 7.75. The van der Waals surface area contributed by atoms with Crippen LogP contribution in [0.3, 0.4) is 0 Å². The van der Waals surface area contributed by atoms with Crippen LogP contribution in [0.25, 0.3) is 0 Å². The zero-order valence-electron chi connectivity index (χ0n) is 14.6. The second-order valence-electron chi connectivity index (χ2n) is 5.70. The van der Waals surface area contributed by atoms with Gasteiger partial charge in [0.05, 0.1) is 11.1 Å². The van der Waals surface area contributed by atoms with Crippen LogP contribution in [0.5, 0.6) is 5.75 Å². The molecule has 0 spiro atoms. The van der Waals surface area contributed by atoms with Gasteiger partial charge < -0.3 is 4.74 Å². The number of halogens is 1. The van der Waals surface area contributed by atoms with Crippen LogP contribution in [0, 0.1) is 30.9 Å². The van der Waals surface area contributed by atoms with E-state index < -0.39 is 10.8 Å². The van der Waals surface area contributed by atoms with Gasteiger partial charge in [-0.2, -0.15) is 5.10 Å². The number of nitro benzene ring substituents is 1. The second kappa shape index (κ2) is 8.44. The molecule has 0 fully saturated rings. The minimum absolute atomic E-state index is 0.0356. The Morgan fingerprint density at radius 1 is 1.27 bits per heavy atom. The predicted octanol–water partition coefficient (Wildman–Crippen LogP) is 3.70. The normalized spacial score (nSPS) is 10.8. The second-order valence-corrected chi connectivity index (χ2v) is 6.11. The first-order valence-corrected chi connectivity index (χ1v) is 8.13. The van der Waals surface area contributed by atoms with Crippen molar-refractivity contribution in [2.24, 2.45) is 5.10 Å². The number of benzene rings is 2. The third-order valence-electron chi connectivity index (χ3n) is 3.79. The molecule has 0 aromatic heterocycles. The van der Waals surface area contributed by atoms with Crippen LogP contribution in [0.1, 0.15) is 22.3 Å². The van der Waals surface area contributed by atoms with E-state index in [1.165, 1.54) is 18.3 Å². The standard InChI is InChI=1S/C18H18ClN3O4/c1-11-4-5-12(2)18(13(11)3)26-10-17(23)21-20-9-14-6-7-15(19)16(8-14)22(24)25/h4-9H,10H2,1-3H3,(H,21,23). The molecule has 8 heteroatoms. The number of nitrogens with zero attached hydrogens (tertiary/aromatic N) is 2. The highest BCUT2D eigenvalue weighted by Gasteiger charge is 2.12. The molecule has 7 nitrogen and oxygen atoms in total. The number of ether oxygens (including phenoxy) is 1. The molecular weight excluding hydrogens is 358 g/mol. The predicted molar refractivity (Wildman–Crippen MR) is 100.0 cm³/mol. The molecule has 0 unspecified atom stereocenters. The first-order chi connectivity index (χ1) is 12.3. The molecule has 0 aliphatic heterocycles. The van der Waals surface area contributed by atoms with Crippen LogP contribution in [-0.4, -0.2) is 23.7 Å². The van der Waals surface area contributed by atoms with Crippen molar-refractivity contribution >= 4 is 29.4 Å². The third-order valence-corrected chi connectivity index (χ3v) is 4.11. The number of amides is 1. The number of carbonyl (C=O) groups is 1. The lowest BCUT2D eigenvalue weighted by Gasteiger charge is -2.13. The molecule has 2 rings (SSSR count). The van der Waals surface area contributed by atoms with Crippen molar-refractivity contribution in [3.63, 3.8) is 0 Å². The Morgan fingerprint density at radius 2 is 1.96 bits per heavy atom. The molecule has 0 bridgehead atoms. The van der Waals surface area contributed by atoms with E-state index in [1.54, 1.807) is 6.07 Å². The number of carbonyl (C=O) groups excluding carboxylic acids is 1. The fraction of sp³-hybridized carbons (Fsp3) is 0.222. The van der Waals surface area contributed by atoms with Gasteiger partial charge in [-0.3, -0.25) is 14.9 Å². The minimum Gasteiger partial charge on any atom is -0.483 e. The molecule has 26 heavy (non-hydrogen) atoms. The van der Waals surface area contributed by atoms with Gasteiger partial charge in [0, 0.05) is 11.6 Å². The van der Waals surface area contributed by atoms with Crippen LogP contribution in [0.2, 0.25) is 5.02 Å². The van der Waals surface area contributed by atoms with Gasteiger partial charge in [0.2, 0.25) is 0 Å². The molecule has 0 radical (unpaired) electrons. The fourth-order valence-electron chi connectivity index (χ4n) is 2.25. The van der Waals surface area contributed by atoms with Crippen molar-refractivity contribution in [2.75, 3.05) is 6.61 Å². The van der Waals surface area contributed by atoms with Crippen molar-refractivity contribution < 1.29 is 14.5 Å². The smallest absolute Gasteiger partial charge is 0.288 e. The molecule has 1 N–H and O–H groups in total. The van der Waals surface area contributed by atoms with Gasteiger partial charge in [0.15, 0.2) is 6.61 Å². The number of hydrogen-bond donors (Lipinski definition) is 1. The zero-order valence-corrected chi connectivity index (χ0v) is 15.3. The van der Waals surface area contributed by atoms with E-state index in [2.05, 4.69) is 10.5 Å². The summed E-state index contributed by atoms with van der Waals surface area (Å²) in [7, 11) is 0. The van der Waals surface area contributed by atoms with Gasteiger partial charge in [-0.15, -0.1) is 0 Å². The Kier molecular flexibility index (Phi) is 6.30. The third kappa shape index (κ3) is 4.80. The van der Waals surface area contributed by atoms with Crippen LogP contribution in [-0.2, 0) is 4.79 Å². The summed E-state index contributed by atoms with van der Waals surface area (Å²) < 4.78 is 5.59. The van der Waals surface area contributed by atoms with Gasteiger partial charge in [0.1, 0.15) is 10.8 Å². The molecule has 0 aliphatic rings. The molecule has 0 atom stereocenters. The lowest BCUT2D eigenvalue weighted by Crippen LogP contribution is -2.25. The summed E-state index contributed by atoms with van der Waals surface area (Å²) in [6, 6.07) is 8.15. The van der Waals surface area contributed by atoms with Crippen LogP contribution in [0.4, 0.5) is 5.69 Å². The maximum atomic E-state index is 11.9. The average Bonchev–Trinajstić information content (AvgIpc) is 2.59. The molecule has 0 heterocycles. The number of nitro groups is 1. The molecular formula is C18H18ClN3O4. The van der Waals surface area contributed by atoms with Crippen LogP contribution in [0.15, 0.2) is 35.4 Å². The van der Waals surface area contributed by atoms with Crippen molar-refractivity contribution in [3.05, 3.63) is 67.7 Å². The summed E-state index contributed by atoms with van der Waals surface area (Å²) in [5, 5.41) is 14.7. The molecule has 1 amide bonds. The van der Waals surface area contributed by atoms with E-state index in [0.717, 1.165) is 16.7 Å². The zero-order chi connectivity index (χ0) is 19.3. The molecule has 136 valence electrons. The summed E-state index contributed by atoms with van der Waals surface area (Å²) >= 11 is 5.74.